The third kappa shape index (κ3) is 3.42. The molecule has 0 atom stereocenters. The minimum atomic E-state index is -0.415. The van der Waals surface area contributed by atoms with Crippen molar-refractivity contribution in [3.63, 3.8) is 0 Å². The zero-order chi connectivity index (χ0) is 14.7. The molecular formula is C14H14ClFN2O2. The molecule has 106 valence electrons. The van der Waals surface area contributed by atoms with Gasteiger partial charge >= 0.3 is 0 Å². The number of benzene rings is 1. The molecule has 0 saturated heterocycles. The first-order chi connectivity index (χ1) is 9.47. The van der Waals surface area contributed by atoms with E-state index in [9.17, 15) is 9.18 Å². The minimum absolute atomic E-state index is 0.0177. The molecular weight excluding hydrogens is 283 g/mol. The molecule has 1 heterocycles. The van der Waals surface area contributed by atoms with Crippen LogP contribution in [0.5, 0.6) is 0 Å². The summed E-state index contributed by atoms with van der Waals surface area (Å²) in [6.45, 7) is 3.61. The summed E-state index contributed by atoms with van der Waals surface area (Å²) in [6, 6.07) is 4.46. The van der Waals surface area contributed by atoms with E-state index in [0.717, 1.165) is 0 Å². The third-order valence-corrected chi connectivity index (χ3v) is 3.23. The molecule has 0 bridgehead atoms. The average Bonchev–Trinajstić information content (AvgIpc) is 2.81. The Bertz CT molecular complexity index is 605. The second kappa shape index (κ2) is 6.13. The van der Waals surface area contributed by atoms with Gasteiger partial charge in [-0.2, -0.15) is 4.98 Å². The second-order valence-corrected chi connectivity index (χ2v) is 5.19. The van der Waals surface area contributed by atoms with Crippen molar-refractivity contribution < 1.29 is 13.7 Å². The Hall–Kier alpha value is -1.75. The van der Waals surface area contributed by atoms with Crippen molar-refractivity contribution in [3.8, 4) is 0 Å². The van der Waals surface area contributed by atoms with Gasteiger partial charge in [0.25, 0.3) is 0 Å². The van der Waals surface area contributed by atoms with Crippen LogP contribution in [0.2, 0.25) is 5.02 Å². The fraction of sp³-hybridized carbons (Fsp3) is 0.357. The summed E-state index contributed by atoms with van der Waals surface area (Å²) < 4.78 is 18.6. The predicted molar refractivity (Wildman–Crippen MR) is 72.1 cm³/mol. The van der Waals surface area contributed by atoms with Crippen molar-refractivity contribution in [3.05, 3.63) is 46.3 Å². The molecule has 0 aliphatic carbocycles. The Kier molecular flexibility index (Phi) is 4.49. The first-order valence-corrected chi connectivity index (χ1v) is 6.62. The predicted octanol–water partition coefficient (Wildman–Crippen LogP) is 3.22. The molecule has 2 rings (SSSR count). The first kappa shape index (κ1) is 14.7. The summed E-state index contributed by atoms with van der Waals surface area (Å²) in [4.78, 5) is 15.7. The summed E-state index contributed by atoms with van der Waals surface area (Å²) in [7, 11) is 0. The molecule has 20 heavy (non-hydrogen) atoms. The van der Waals surface area contributed by atoms with Crippen molar-refractivity contribution >= 4 is 17.4 Å². The van der Waals surface area contributed by atoms with Crippen LogP contribution < -0.4 is 0 Å². The van der Waals surface area contributed by atoms with Gasteiger partial charge in [-0.15, -0.1) is 0 Å². The van der Waals surface area contributed by atoms with Crippen molar-refractivity contribution in [1.29, 1.82) is 0 Å². The lowest BCUT2D eigenvalue weighted by Crippen LogP contribution is -2.10. The number of carbonyl (C=O) groups is 1. The normalized spacial score (nSPS) is 11.1. The Morgan fingerprint density at radius 2 is 2.20 bits per heavy atom. The number of carbonyl (C=O) groups excluding carboxylic acids is 1. The Balaban J connectivity index is 2.12. The highest BCUT2D eigenvalue weighted by Crippen LogP contribution is 2.21. The van der Waals surface area contributed by atoms with Gasteiger partial charge in [-0.25, -0.2) is 4.39 Å². The van der Waals surface area contributed by atoms with Gasteiger partial charge in [0.15, 0.2) is 5.82 Å². The Labute approximate surface area is 120 Å². The lowest BCUT2D eigenvalue weighted by molar-refractivity contribution is -0.121. The number of halogens is 2. The quantitative estimate of drug-likeness (QED) is 0.850. The van der Waals surface area contributed by atoms with Crippen LogP contribution in [0, 0.1) is 11.7 Å². The van der Waals surface area contributed by atoms with E-state index in [1.807, 2.05) is 0 Å². The maximum atomic E-state index is 13.6. The van der Waals surface area contributed by atoms with E-state index >= 15 is 0 Å². The lowest BCUT2D eigenvalue weighted by Gasteiger charge is -2.01. The smallest absolute Gasteiger partial charge is 0.234 e. The number of hydrogen-bond acceptors (Lipinski definition) is 4. The molecule has 0 spiro atoms. The molecule has 6 heteroatoms. The number of hydrogen-bond donors (Lipinski definition) is 0. The third-order valence-electron chi connectivity index (χ3n) is 2.88. The van der Waals surface area contributed by atoms with Gasteiger partial charge in [0.1, 0.15) is 11.6 Å². The van der Waals surface area contributed by atoms with Gasteiger partial charge in [0.05, 0.1) is 6.42 Å². The van der Waals surface area contributed by atoms with E-state index in [1.54, 1.807) is 19.9 Å². The number of Topliss-reactive ketones (excluding diaryl/α,β-unsaturated/α-hetero) is 1. The molecule has 0 unspecified atom stereocenters. The molecule has 0 radical (unpaired) electrons. The summed E-state index contributed by atoms with van der Waals surface area (Å²) in [5.41, 5.74) is 0.316. The maximum Gasteiger partial charge on any atom is 0.234 e. The highest BCUT2D eigenvalue weighted by molar-refractivity contribution is 6.31. The van der Waals surface area contributed by atoms with Gasteiger partial charge in [-0.1, -0.05) is 36.7 Å². The standard InChI is InChI=1S/C14H14ClFN2O2/c1-8(2)12(19)7-14-17-13(18-20-14)6-9-10(15)4-3-5-11(9)16/h3-5,8H,6-7H2,1-2H3. The Morgan fingerprint density at radius 3 is 2.85 bits per heavy atom. The first-order valence-electron chi connectivity index (χ1n) is 6.24. The van der Waals surface area contributed by atoms with E-state index in [4.69, 9.17) is 16.1 Å². The van der Waals surface area contributed by atoms with Gasteiger partial charge < -0.3 is 4.52 Å². The van der Waals surface area contributed by atoms with E-state index in [0.29, 0.717) is 16.4 Å². The van der Waals surface area contributed by atoms with E-state index < -0.39 is 5.82 Å². The monoisotopic (exact) mass is 296 g/mol. The SMILES string of the molecule is CC(C)C(=O)Cc1nc(Cc2c(F)cccc2Cl)no1. The van der Waals surface area contributed by atoms with Crippen molar-refractivity contribution in [2.45, 2.75) is 26.7 Å². The van der Waals surface area contributed by atoms with Crippen molar-refractivity contribution in [2.24, 2.45) is 5.92 Å². The molecule has 0 fully saturated rings. The number of rotatable bonds is 5. The van der Waals surface area contributed by atoms with Crippen LogP contribution in [-0.4, -0.2) is 15.9 Å². The van der Waals surface area contributed by atoms with Gasteiger partial charge in [-0.3, -0.25) is 4.79 Å². The van der Waals surface area contributed by atoms with Gasteiger partial charge in [0.2, 0.25) is 5.89 Å². The minimum Gasteiger partial charge on any atom is -0.339 e. The van der Waals surface area contributed by atoms with Crippen LogP contribution in [0.4, 0.5) is 4.39 Å². The highest BCUT2D eigenvalue weighted by atomic mass is 35.5. The largest absolute Gasteiger partial charge is 0.339 e. The highest BCUT2D eigenvalue weighted by Gasteiger charge is 2.16. The molecule has 4 nitrogen and oxygen atoms in total. The van der Waals surface area contributed by atoms with Crippen LogP contribution in [0.25, 0.3) is 0 Å². The van der Waals surface area contributed by atoms with Crippen LogP contribution in [-0.2, 0) is 17.6 Å². The maximum absolute atomic E-state index is 13.6. The lowest BCUT2D eigenvalue weighted by atomic mass is 10.1. The second-order valence-electron chi connectivity index (χ2n) is 4.78. The summed E-state index contributed by atoms with van der Waals surface area (Å²) in [5.74, 6) is 0.0623. The average molecular weight is 297 g/mol. The number of aromatic nitrogens is 2. The molecule has 0 N–H and O–H groups in total. The summed E-state index contributed by atoms with van der Waals surface area (Å²) >= 11 is 5.93. The van der Waals surface area contributed by atoms with Crippen molar-refractivity contribution in [1.82, 2.24) is 10.1 Å². The van der Waals surface area contributed by atoms with Crippen LogP contribution in [0.1, 0.15) is 31.1 Å². The summed E-state index contributed by atoms with van der Waals surface area (Å²) in [5, 5.41) is 4.06. The van der Waals surface area contributed by atoms with E-state index in [2.05, 4.69) is 10.1 Å². The van der Waals surface area contributed by atoms with E-state index in [-0.39, 0.29) is 30.4 Å². The fourth-order valence-electron chi connectivity index (χ4n) is 1.65. The van der Waals surface area contributed by atoms with Crippen LogP contribution in [0.3, 0.4) is 0 Å². The van der Waals surface area contributed by atoms with Crippen molar-refractivity contribution in [2.75, 3.05) is 0 Å². The van der Waals surface area contributed by atoms with Gasteiger partial charge in [-0.05, 0) is 12.1 Å². The zero-order valence-electron chi connectivity index (χ0n) is 11.2. The Morgan fingerprint density at radius 1 is 1.45 bits per heavy atom. The fourth-order valence-corrected chi connectivity index (χ4v) is 1.88. The summed E-state index contributed by atoms with van der Waals surface area (Å²) in [6.07, 6.45) is 0.223. The molecule has 1 aromatic carbocycles. The molecule has 0 saturated carbocycles. The molecule has 2 aromatic rings. The van der Waals surface area contributed by atoms with Crippen LogP contribution >= 0.6 is 11.6 Å². The van der Waals surface area contributed by atoms with Gasteiger partial charge in [0, 0.05) is 22.9 Å². The molecule has 0 amide bonds. The number of nitrogens with zero attached hydrogens (tertiary/aromatic N) is 2. The topological polar surface area (TPSA) is 56.0 Å². The van der Waals surface area contributed by atoms with Crippen LogP contribution in [0.15, 0.2) is 22.7 Å². The van der Waals surface area contributed by atoms with E-state index in [1.165, 1.54) is 12.1 Å². The molecule has 0 aliphatic heterocycles. The molecule has 0 aliphatic rings. The number of ketones is 1. The zero-order valence-corrected chi connectivity index (χ0v) is 11.9. The molecule has 1 aromatic heterocycles.